The van der Waals surface area contributed by atoms with Crippen molar-refractivity contribution in [3.63, 3.8) is 0 Å². The average molecular weight is 385 g/mol. The molecule has 0 saturated heterocycles. The standard InChI is InChI=1S/C19H20FN5O3/c1-11(18-23-17(24-28-18)12-4-2-3-5-12)22-16(26)9-25-10-21-15-7-6-13(20)8-14(15)19(25)27/h6-8,10-12H,2-5,9H2,1H3,(H,22,26). The highest BCUT2D eigenvalue weighted by atomic mass is 19.1. The summed E-state index contributed by atoms with van der Waals surface area (Å²) in [6, 6.07) is 3.29. The third-order valence-corrected chi connectivity index (χ3v) is 5.03. The molecule has 2 aromatic heterocycles. The van der Waals surface area contributed by atoms with E-state index in [0.29, 0.717) is 23.1 Å². The van der Waals surface area contributed by atoms with Gasteiger partial charge in [-0.15, -0.1) is 0 Å². The molecule has 9 heteroatoms. The van der Waals surface area contributed by atoms with Crippen LogP contribution in [0, 0.1) is 5.82 Å². The molecule has 1 amide bonds. The molecule has 28 heavy (non-hydrogen) atoms. The molecule has 0 radical (unpaired) electrons. The summed E-state index contributed by atoms with van der Waals surface area (Å²) in [5, 5.41) is 6.89. The number of carbonyl (C=O) groups excluding carboxylic acids is 1. The van der Waals surface area contributed by atoms with Crippen LogP contribution in [0.5, 0.6) is 0 Å². The van der Waals surface area contributed by atoms with Crippen LogP contribution in [0.15, 0.2) is 33.8 Å². The lowest BCUT2D eigenvalue weighted by Gasteiger charge is -2.11. The number of aromatic nitrogens is 4. The third-order valence-electron chi connectivity index (χ3n) is 5.03. The van der Waals surface area contributed by atoms with Gasteiger partial charge in [-0.2, -0.15) is 4.98 Å². The van der Waals surface area contributed by atoms with Gasteiger partial charge in [0.15, 0.2) is 5.82 Å². The van der Waals surface area contributed by atoms with Gasteiger partial charge in [0, 0.05) is 5.92 Å². The number of carbonyl (C=O) groups is 1. The highest BCUT2D eigenvalue weighted by Gasteiger charge is 2.24. The van der Waals surface area contributed by atoms with Gasteiger partial charge in [-0.05, 0) is 38.0 Å². The van der Waals surface area contributed by atoms with E-state index in [1.54, 1.807) is 6.92 Å². The van der Waals surface area contributed by atoms with E-state index in [2.05, 4.69) is 20.4 Å². The smallest absolute Gasteiger partial charge is 0.261 e. The lowest BCUT2D eigenvalue weighted by atomic mass is 10.1. The van der Waals surface area contributed by atoms with Gasteiger partial charge in [0.05, 0.1) is 17.2 Å². The van der Waals surface area contributed by atoms with E-state index >= 15 is 0 Å². The summed E-state index contributed by atoms with van der Waals surface area (Å²) in [7, 11) is 0. The minimum absolute atomic E-state index is 0.126. The zero-order chi connectivity index (χ0) is 19.7. The van der Waals surface area contributed by atoms with Crippen LogP contribution >= 0.6 is 0 Å². The predicted octanol–water partition coefficient (Wildman–Crippen LogP) is 2.45. The Morgan fingerprint density at radius 1 is 1.39 bits per heavy atom. The molecular formula is C19H20FN5O3. The molecule has 1 saturated carbocycles. The maximum atomic E-state index is 13.4. The van der Waals surface area contributed by atoms with Crippen molar-refractivity contribution < 1.29 is 13.7 Å². The lowest BCUT2D eigenvalue weighted by molar-refractivity contribution is -0.122. The zero-order valence-corrected chi connectivity index (χ0v) is 15.4. The Kier molecular flexibility index (Phi) is 4.89. The number of nitrogens with one attached hydrogen (secondary N) is 1. The summed E-state index contributed by atoms with van der Waals surface area (Å²) in [5.74, 6) is 0.402. The maximum Gasteiger partial charge on any atom is 0.261 e. The molecule has 1 aliphatic rings. The Balaban J connectivity index is 1.45. The molecule has 0 spiro atoms. The second kappa shape index (κ2) is 7.49. The van der Waals surface area contributed by atoms with Crippen molar-refractivity contribution in [3.05, 3.63) is 52.4 Å². The van der Waals surface area contributed by atoms with E-state index in [0.717, 1.165) is 23.5 Å². The molecule has 1 aliphatic carbocycles. The number of rotatable bonds is 5. The second-order valence-corrected chi connectivity index (χ2v) is 7.10. The average Bonchev–Trinajstić information content (AvgIpc) is 3.35. The number of halogens is 1. The Morgan fingerprint density at radius 3 is 2.96 bits per heavy atom. The van der Waals surface area contributed by atoms with E-state index in [9.17, 15) is 14.0 Å². The van der Waals surface area contributed by atoms with Gasteiger partial charge in [0.25, 0.3) is 5.56 Å². The van der Waals surface area contributed by atoms with Crippen molar-refractivity contribution in [3.8, 4) is 0 Å². The predicted molar refractivity (Wildman–Crippen MR) is 98.0 cm³/mol. The van der Waals surface area contributed by atoms with Crippen molar-refractivity contribution in [2.45, 2.75) is 51.1 Å². The topological polar surface area (TPSA) is 103 Å². The normalized spacial score (nSPS) is 15.8. The van der Waals surface area contributed by atoms with Gasteiger partial charge in [-0.25, -0.2) is 9.37 Å². The summed E-state index contributed by atoms with van der Waals surface area (Å²) in [4.78, 5) is 33.3. The number of benzene rings is 1. The summed E-state index contributed by atoms with van der Waals surface area (Å²) in [6.45, 7) is 1.49. The number of hydrogen-bond acceptors (Lipinski definition) is 6. The molecular weight excluding hydrogens is 365 g/mol. The fourth-order valence-electron chi connectivity index (χ4n) is 3.52. The van der Waals surface area contributed by atoms with Crippen LogP contribution in [-0.4, -0.2) is 25.6 Å². The summed E-state index contributed by atoms with van der Waals surface area (Å²) >= 11 is 0. The summed E-state index contributed by atoms with van der Waals surface area (Å²) < 4.78 is 19.8. The van der Waals surface area contributed by atoms with Gasteiger partial charge in [-0.3, -0.25) is 14.2 Å². The molecule has 1 N–H and O–H groups in total. The van der Waals surface area contributed by atoms with Gasteiger partial charge in [0.2, 0.25) is 11.8 Å². The van der Waals surface area contributed by atoms with E-state index in [4.69, 9.17) is 4.52 Å². The van der Waals surface area contributed by atoms with Crippen molar-refractivity contribution in [1.29, 1.82) is 0 Å². The Hall–Kier alpha value is -3.10. The molecule has 0 bridgehead atoms. The number of fused-ring (bicyclic) bond motifs is 1. The van der Waals surface area contributed by atoms with E-state index in [1.165, 1.54) is 31.3 Å². The van der Waals surface area contributed by atoms with Gasteiger partial charge in [0.1, 0.15) is 18.4 Å². The molecule has 3 aromatic rings. The fourth-order valence-corrected chi connectivity index (χ4v) is 3.52. The summed E-state index contributed by atoms with van der Waals surface area (Å²) in [5.41, 5.74) is -0.102. The maximum absolute atomic E-state index is 13.4. The monoisotopic (exact) mass is 385 g/mol. The highest BCUT2D eigenvalue weighted by Crippen LogP contribution is 2.32. The van der Waals surface area contributed by atoms with Gasteiger partial charge < -0.3 is 9.84 Å². The van der Waals surface area contributed by atoms with Gasteiger partial charge >= 0.3 is 0 Å². The van der Waals surface area contributed by atoms with Crippen LogP contribution in [0.1, 0.15) is 56.3 Å². The van der Waals surface area contributed by atoms with Crippen LogP contribution in [0.4, 0.5) is 4.39 Å². The molecule has 1 atom stereocenters. The van der Waals surface area contributed by atoms with Crippen LogP contribution in [0.3, 0.4) is 0 Å². The van der Waals surface area contributed by atoms with Crippen LogP contribution < -0.4 is 10.9 Å². The molecule has 1 aromatic carbocycles. The van der Waals surface area contributed by atoms with Crippen LogP contribution in [-0.2, 0) is 11.3 Å². The molecule has 2 heterocycles. The van der Waals surface area contributed by atoms with E-state index < -0.39 is 23.3 Å². The molecule has 4 rings (SSSR count). The number of nitrogens with zero attached hydrogens (tertiary/aromatic N) is 4. The highest BCUT2D eigenvalue weighted by molar-refractivity contribution is 5.79. The van der Waals surface area contributed by atoms with E-state index in [-0.39, 0.29) is 11.9 Å². The quantitative estimate of drug-likeness (QED) is 0.724. The molecule has 8 nitrogen and oxygen atoms in total. The number of amides is 1. The first-order chi connectivity index (χ1) is 13.5. The molecule has 146 valence electrons. The minimum Gasteiger partial charge on any atom is -0.343 e. The Labute approximate surface area is 159 Å². The molecule has 1 unspecified atom stereocenters. The first-order valence-corrected chi connectivity index (χ1v) is 9.29. The lowest BCUT2D eigenvalue weighted by Crippen LogP contribution is -2.34. The zero-order valence-electron chi connectivity index (χ0n) is 15.4. The SMILES string of the molecule is CC(NC(=O)Cn1cnc2ccc(F)cc2c1=O)c1nc(C2CCCC2)no1. The Bertz CT molecular complexity index is 1070. The van der Waals surface area contributed by atoms with Crippen molar-refractivity contribution >= 4 is 16.8 Å². The van der Waals surface area contributed by atoms with Crippen LogP contribution in [0.25, 0.3) is 10.9 Å². The van der Waals surface area contributed by atoms with Crippen molar-refractivity contribution in [2.75, 3.05) is 0 Å². The summed E-state index contributed by atoms with van der Waals surface area (Å²) in [6.07, 6.45) is 5.71. The van der Waals surface area contributed by atoms with E-state index in [1.807, 2.05) is 0 Å². The van der Waals surface area contributed by atoms with Crippen molar-refractivity contribution in [1.82, 2.24) is 25.0 Å². The second-order valence-electron chi connectivity index (χ2n) is 7.10. The first kappa shape index (κ1) is 18.3. The van der Waals surface area contributed by atoms with Crippen LogP contribution in [0.2, 0.25) is 0 Å². The Morgan fingerprint density at radius 2 is 2.18 bits per heavy atom. The van der Waals surface area contributed by atoms with Crippen molar-refractivity contribution in [2.24, 2.45) is 0 Å². The number of hydrogen-bond donors (Lipinski definition) is 1. The molecule has 0 aliphatic heterocycles. The fraction of sp³-hybridized carbons (Fsp3) is 0.421. The minimum atomic E-state index is -0.531. The van der Waals surface area contributed by atoms with Gasteiger partial charge in [-0.1, -0.05) is 18.0 Å². The first-order valence-electron chi connectivity index (χ1n) is 9.29. The third kappa shape index (κ3) is 3.64. The largest absolute Gasteiger partial charge is 0.343 e. The molecule has 1 fully saturated rings.